The van der Waals surface area contributed by atoms with Gasteiger partial charge in [-0.25, -0.2) is 0 Å². The molecule has 1 radical (unpaired) electrons. The Morgan fingerprint density at radius 2 is 2.12 bits per heavy atom. The second kappa shape index (κ2) is 6.74. The molecule has 0 bridgehead atoms. The molecule has 4 atom stereocenters. The van der Waals surface area contributed by atoms with Crippen molar-refractivity contribution in [3.63, 3.8) is 0 Å². The van der Waals surface area contributed by atoms with Gasteiger partial charge in [-0.3, -0.25) is 0 Å². The van der Waals surface area contributed by atoms with Gasteiger partial charge >= 0.3 is 0 Å². The number of halogens is 1. The lowest BCUT2D eigenvalue weighted by Crippen LogP contribution is -2.18. The van der Waals surface area contributed by atoms with Crippen LogP contribution >= 0.6 is 11.6 Å². The van der Waals surface area contributed by atoms with E-state index in [1.807, 2.05) is 0 Å². The Bertz CT molecular complexity index is 253. The Morgan fingerprint density at radius 3 is 2.65 bits per heavy atom. The summed E-state index contributed by atoms with van der Waals surface area (Å²) < 4.78 is 0. The summed E-state index contributed by atoms with van der Waals surface area (Å²) in [6.45, 7) is 2.09. The van der Waals surface area contributed by atoms with Crippen LogP contribution in [-0.2, 0) is 0 Å². The summed E-state index contributed by atoms with van der Waals surface area (Å²) in [5.41, 5.74) is 0. The normalized spacial score (nSPS) is 33.1. The molecule has 17 heavy (non-hydrogen) atoms. The van der Waals surface area contributed by atoms with Crippen LogP contribution in [0.5, 0.6) is 0 Å². The molecule has 99 valence electrons. The highest BCUT2D eigenvalue weighted by atomic mass is 35.5. The number of aliphatic hydroxyl groups excluding tert-OH is 2. The van der Waals surface area contributed by atoms with E-state index in [-0.39, 0.29) is 5.92 Å². The first-order valence-corrected chi connectivity index (χ1v) is 6.64. The van der Waals surface area contributed by atoms with Crippen LogP contribution in [0, 0.1) is 12.3 Å². The van der Waals surface area contributed by atoms with Crippen molar-refractivity contribution >= 4 is 11.6 Å². The Hall–Kier alpha value is -0.0900. The fourth-order valence-electron chi connectivity index (χ4n) is 2.03. The second-order valence-corrected chi connectivity index (χ2v) is 5.43. The smallest absolute Gasteiger partial charge is 0.157 e. The SMILES string of the molecule is CCCCC[C@](O)(Cl)C=C[C@@H]1[CH][C@@H](O)C[C@H]1O. The lowest BCUT2D eigenvalue weighted by Gasteiger charge is -2.17. The maximum absolute atomic E-state index is 9.87. The van der Waals surface area contributed by atoms with Crippen molar-refractivity contribution in [2.75, 3.05) is 0 Å². The van der Waals surface area contributed by atoms with Gasteiger partial charge in [0.15, 0.2) is 5.06 Å². The molecule has 1 rings (SSSR count). The predicted molar refractivity (Wildman–Crippen MR) is 68.5 cm³/mol. The summed E-state index contributed by atoms with van der Waals surface area (Å²) in [6.07, 6.45) is 7.58. The summed E-state index contributed by atoms with van der Waals surface area (Å²) in [7, 11) is 0. The zero-order chi connectivity index (χ0) is 12.9. The van der Waals surface area contributed by atoms with Gasteiger partial charge in [-0.15, -0.1) is 0 Å². The minimum atomic E-state index is -1.34. The topological polar surface area (TPSA) is 60.7 Å². The first kappa shape index (κ1) is 15.0. The fraction of sp³-hybridized carbons (Fsp3) is 0.769. The van der Waals surface area contributed by atoms with E-state index in [1.165, 1.54) is 6.08 Å². The average Bonchev–Trinajstić information content (AvgIpc) is 2.55. The lowest BCUT2D eigenvalue weighted by atomic mass is 10.0. The van der Waals surface area contributed by atoms with Crippen molar-refractivity contribution in [2.24, 2.45) is 5.92 Å². The molecule has 1 aliphatic carbocycles. The number of rotatable bonds is 6. The number of hydrogen-bond acceptors (Lipinski definition) is 3. The molecule has 0 heterocycles. The first-order chi connectivity index (χ1) is 7.94. The van der Waals surface area contributed by atoms with E-state index in [4.69, 9.17) is 11.6 Å². The van der Waals surface area contributed by atoms with E-state index in [0.29, 0.717) is 12.8 Å². The largest absolute Gasteiger partial charge is 0.393 e. The Balaban J connectivity index is 2.40. The minimum Gasteiger partial charge on any atom is -0.393 e. The molecule has 0 saturated heterocycles. The van der Waals surface area contributed by atoms with Crippen molar-refractivity contribution in [3.8, 4) is 0 Å². The zero-order valence-corrected chi connectivity index (χ0v) is 11.0. The highest BCUT2D eigenvalue weighted by molar-refractivity contribution is 6.23. The molecule has 1 fully saturated rings. The van der Waals surface area contributed by atoms with Crippen molar-refractivity contribution in [2.45, 2.75) is 56.3 Å². The number of aliphatic hydroxyl groups is 3. The molecule has 1 aliphatic rings. The number of hydrogen-bond donors (Lipinski definition) is 3. The van der Waals surface area contributed by atoms with E-state index in [2.05, 4.69) is 6.92 Å². The monoisotopic (exact) mass is 261 g/mol. The third kappa shape index (κ3) is 5.38. The number of alkyl halides is 1. The van der Waals surface area contributed by atoms with Crippen LogP contribution in [0.25, 0.3) is 0 Å². The summed E-state index contributed by atoms with van der Waals surface area (Å²) in [5, 5.41) is 27.5. The predicted octanol–water partition coefficient (Wildman–Crippen LogP) is 2.00. The van der Waals surface area contributed by atoms with Gasteiger partial charge in [-0.2, -0.15) is 0 Å². The first-order valence-electron chi connectivity index (χ1n) is 6.26. The van der Waals surface area contributed by atoms with Crippen LogP contribution in [0.15, 0.2) is 12.2 Å². The molecule has 0 amide bonds. The average molecular weight is 262 g/mol. The highest BCUT2D eigenvalue weighted by Gasteiger charge is 2.31. The van der Waals surface area contributed by atoms with Crippen LogP contribution in [0.3, 0.4) is 0 Å². The highest BCUT2D eigenvalue weighted by Crippen LogP contribution is 2.28. The van der Waals surface area contributed by atoms with Gasteiger partial charge < -0.3 is 15.3 Å². The molecule has 0 unspecified atom stereocenters. The molecule has 0 aliphatic heterocycles. The Kier molecular flexibility index (Phi) is 5.93. The molecular weight excluding hydrogens is 240 g/mol. The van der Waals surface area contributed by atoms with E-state index >= 15 is 0 Å². The van der Waals surface area contributed by atoms with Crippen molar-refractivity contribution in [1.29, 1.82) is 0 Å². The fourth-order valence-corrected chi connectivity index (χ4v) is 2.23. The summed E-state index contributed by atoms with van der Waals surface area (Å²) >= 11 is 5.95. The maximum atomic E-state index is 9.87. The van der Waals surface area contributed by atoms with Gasteiger partial charge in [-0.1, -0.05) is 37.4 Å². The lowest BCUT2D eigenvalue weighted by molar-refractivity contribution is 0.128. The standard InChI is InChI=1S/C13H22ClO3/c1-2-3-4-6-13(14,17)7-5-10-8-11(15)9-12(10)16/h5,7-8,10-12,15-17H,2-4,6,9H2,1H3/t10-,11-,12-,13-/m1/s1. The maximum Gasteiger partial charge on any atom is 0.157 e. The van der Waals surface area contributed by atoms with Crippen LogP contribution in [0.2, 0.25) is 0 Å². The molecular formula is C13H22ClO3. The molecule has 0 aromatic carbocycles. The van der Waals surface area contributed by atoms with E-state index in [9.17, 15) is 15.3 Å². The zero-order valence-electron chi connectivity index (χ0n) is 10.2. The van der Waals surface area contributed by atoms with Crippen molar-refractivity contribution < 1.29 is 15.3 Å². The van der Waals surface area contributed by atoms with Crippen LogP contribution in [-0.4, -0.2) is 32.6 Å². The van der Waals surface area contributed by atoms with E-state index in [1.54, 1.807) is 12.5 Å². The summed E-state index contributed by atoms with van der Waals surface area (Å²) in [4.78, 5) is 0. The Morgan fingerprint density at radius 1 is 1.41 bits per heavy atom. The van der Waals surface area contributed by atoms with Crippen LogP contribution < -0.4 is 0 Å². The van der Waals surface area contributed by atoms with Gasteiger partial charge in [0.25, 0.3) is 0 Å². The molecule has 0 aromatic rings. The van der Waals surface area contributed by atoms with E-state index < -0.39 is 17.3 Å². The van der Waals surface area contributed by atoms with Crippen LogP contribution in [0.1, 0.15) is 39.0 Å². The Labute approximate surface area is 108 Å². The van der Waals surface area contributed by atoms with Gasteiger partial charge in [0.05, 0.1) is 12.2 Å². The molecule has 1 saturated carbocycles. The van der Waals surface area contributed by atoms with Crippen molar-refractivity contribution in [1.82, 2.24) is 0 Å². The van der Waals surface area contributed by atoms with Gasteiger partial charge in [0.1, 0.15) is 0 Å². The second-order valence-electron chi connectivity index (χ2n) is 4.78. The minimum absolute atomic E-state index is 0.221. The number of unbranched alkanes of at least 4 members (excludes halogenated alkanes) is 2. The van der Waals surface area contributed by atoms with Crippen molar-refractivity contribution in [3.05, 3.63) is 18.6 Å². The molecule has 3 nitrogen and oxygen atoms in total. The van der Waals surface area contributed by atoms with Gasteiger partial charge in [0.2, 0.25) is 0 Å². The molecule has 0 spiro atoms. The molecule has 3 N–H and O–H groups in total. The van der Waals surface area contributed by atoms with Gasteiger partial charge in [0, 0.05) is 12.3 Å². The molecule has 4 heteroatoms. The van der Waals surface area contributed by atoms with Crippen LogP contribution in [0.4, 0.5) is 0 Å². The summed E-state index contributed by atoms with van der Waals surface area (Å²) in [5.74, 6) is -0.221. The quantitative estimate of drug-likeness (QED) is 0.389. The molecule has 0 aromatic heterocycles. The van der Waals surface area contributed by atoms with Gasteiger partial charge in [-0.05, 0) is 25.3 Å². The third-order valence-corrected chi connectivity index (χ3v) is 3.39. The summed E-state index contributed by atoms with van der Waals surface area (Å²) in [6, 6.07) is 0. The van der Waals surface area contributed by atoms with E-state index in [0.717, 1.165) is 19.3 Å². The third-order valence-electron chi connectivity index (χ3n) is 3.08.